The molecular formula is C21H21NO3. The van der Waals surface area contributed by atoms with E-state index in [4.69, 9.17) is 9.47 Å². The molecule has 0 atom stereocenters. The smallest absolute Gasteiger partial charge is 0.188 e. The van der Waals surface area contributed by atoms with E-state index in [0.717, 1.165) is 29.3 Å². The van der Waals surface area contributed by atoms with Gasteiger partial charge in [0, 0.05) is 26.4 Å². The maximum Gasteiger partial charge on any atom is 0.188 e. The van der Waals surface area contributed by atoms with Crippen molar-refractivity contribution in [3.63, 3.8) is 0 Å². The number of methoxy groups -OCH3 is 1. The van der Waals surface area contributed by atoms with E-state index < -0.39 is 0 Å². The zero-order valence-electron chi connectivity index (χ0n) is 14.4. The fraction of sp³-hybridized carbons (Fsp3) is 0.190. The molecule has 0 bridgehead atoms. The Morgan fingerprint density at radius 2 is 1.80 bits per heavy atom. The van der Waals surface area contributed by atoms with Crippen LogP contribution in [0.15, 0.2) is 60.7 Å². The van der Waals surface area contributed by atoms with Crippen LogP contribution in [0.3, 0.4) is 0 Å². The van der Waals surface area contributed by atoms with Gasteiger partial charge in [0.25, 0.3) is 0 Å². The first-order valence-electron chi connectivity index (χ1n) is 8.11. The molecule has 0 aliphatic rings. The number of rotatable bonds is 7. The highest BCUT2D eigenvalue weighted by Gasteiger charge is 2.08. The molecule has 0 radical (unpaired) electrons. The van der Waals surface area contributed by atoms with Crippen LogP contribution in [0.4, 0.5) is 5.69 Å². The highest BCUT2D eigenvalue weighted by molar-refractivity contribution is 5.93. The van der Waals surface area contributed by atoms with Crippen LogP contribution in [-0.4, -0.2) is 27.2 Å². The van der Waals surface area contributed by atoms with Gasteiger partial charge in [-0.15, -0.1) is 0 Å². The van der Waals surface area contributed by atoms with Crippen LogP contribution in [0.1, 0.15) is 15.9 Å². The lowest BCUT2D eigenvalue weighted by Crippen LogP contribution is -2.16. The molecule has 0 fully saturated rings. The maximum absolute atomic E-state index is 11.3. The van der Waals surface area contributed by atoms with Crippen molar-refractivity contribution in [1.29, 1.82) is 0 Å². The molecular weight excluding hydrogens is 314 g/mol. The summed E-state index contributed by atoms with van der Waals surface area (Å²) in [5, 5.41) is 2.03. The lowest BCUT2D eigenvalue weighted by molar-refractivity contribution is 0.0506. The Balaban J connectivity index is 1.91. The number of aldehydes is 1. The van der Waals surface area contributed by atoms with Crippen molar-refractivity contribution in [1.82, 2.24) is 0 Å². The number of hydrogen-bond donors (Lipinski definition) is 0. The summed E-state index contributed by atoms with van der Waals surface area (Å²) < 4.78 is 10.5. The van der Waals surface area contributed by atoms with Gasteiger partial charge in [0.1, 0.15) is 5.75 Å². The van der Waals surface area contributed by atoms with Crippen LogP contribution in [-0.2, 0) is 11.3 Å². The zero-order valence-corrected chi connectivity index (χ0v) is 14.4. The molecule has 4 heteroatoms. The third-order valence-electron chi connectivity index (χ3n) is 4.12. The summed E-state index contributed by atoms with van der Waals surface area (Å²) in [5.41, 5.74) is 2.88. The molecule has 3 aromatic carbocycles. The van der Waals surface area contributed by atoms with E-state index in [1.165, 1.54) is 5.56 Å². The number of nitrogens with zero attached hydrogens (tertiary/aromatic N) is 1. The minimum absolute atomic E-state index is 0.111. The lowest BCUT2D eigenvalue weighted by atomic mass is 10.1. The minimum Gasteiger partial charge on any atom is -0.467 e. The molecule has 4 nitrogen and oxygen atoms in total. The number of carbonyl (C=O) groups excluding carboxylic acids is 1. The maximum atomic E-state index is 11.3. The second-order valence-corrected chi connectivity index (χ2v) is 5.93. The Morgan fingerprint density at radius 1 is 1.00 bits per heavy atom. The van der Waals surface area contributed by atoms with E-state index in [-0.39, 0.29) is 6.79 Å². The first-order valence-corrected chi connectivity index (χ1v) is 8.11. The number of ether oxygens (including phenoxy) is 2. The van der Waals surface area contributed by atoms with Gasteiger partial charge in [-0.3, -0.25) is 4.79 Å². The van der Waals surface area contributed by atoms with Crippen LogP contribution in [0.25, 0.3) is 10.8 Å². The molecule has 0 aliphatic carbocycles. The van der Waals surface area contributed by atoms with Crippen molar-refractivity contribution in [2.45, 2.75) is 6.54 Å². The van der Waals surface area contributed by atoms with Gasteiger partial charge in [0.2, 0.25) is 0 Å². The fourth-order valence-electron chi connectivity index (χ4n) is 2.81. The first-order chi connectivity index (χ1) is 12.2. The summed E-state index contributed by atoms with van der Waals surface area (Å²) in [4.78, 5) is 13.5. The van der Waals surface area contributed by atoms with E-state index >= 15 is 0 Å². The fourth-order valence-corrected chi connectivity index (χ4v) is 2.81. The van der Waals surface area contributed by atoms with Gasteiger partial charge < -0.3 is 14.4 Å². The Hall–Kier alpha value is -2.85. The van der Waals surface area contributed by atoms with E-state index in [1.54, 1.807) is 7.11 Å². The Labute approximate surface area is 147 Å². The molecule has 0 N–H and O–H groups in total. The van der Waals surface area contributed by atoms with Gasteiger partial charge in [-0.1, -0.05) is 36.4 Å². The molecule has 0 saturated carbocycles. The lowest BCUT2D eigenvalue weighted by Gasteiger charge is -2.20. The molecule has 0 aliphatic heterocycles. The third kappa shape index (κ3) is 3.98. The summed E-state index contributed by atoms with van der Waals surface area (Å²) >= 11 is 0. The first kappa shape index (κ1) is 17.0. The molecule has 0 amide bonds. The number of benzene rings is 3. The van der Waals surface area contributed by atoms with Crippen LogP contribution >= 0.6 is 0 Å². The number of fused-ring (bicyclic) bond motifs is 1. The Morgan fingerprint density at radius 3 is 2.52 bits per heavy atom. The van der Waals surface area contributed by atoms with Crippen molar-refractivity contribution in [2.24, 2.45) is 0 Å². The SMILES string of the molecule is COCOc1cc2cc(N(C)Cc3ccccc3)ccc2cc1C=O. The number of hydrogen-bond acceptors (Lipinski definition) is 4. The van der Waals surface area contributed by atoms with Crippen molar-refractivity contribution in [3.8, 4) is 5.75 Å². The summed E-state index contributed by atoms with van der Waals surface area (Å²) in [5.74, 6) is 0.534. The van der Waals surface area contributed by atoms with E-state index in [2.05, 4.69) is 36.2 Å². The predicted octanol–water partition coefficient (Wildman–Crippen LogP) is 4.27. The van der Waals surface area contributed by atoms with Crippen LogP contribution in [0.2, 0.25) is 0 Å². The van der Waals surface area contributed by atoms with Gasteiger partial charge >= 0.3 is 0 Å². The average Bonchev–Trinajstić information content (AvgIpc) is 2.65. The van der Waals surface area contributed by atoms with Gasteiger partial charge in [-0.2, -0.15) is 0 Å². The van der Waals surface area contributed by atoms with Crippen LogP contribution in [0, 0.1) is 0 Å². The largest absolute Gasteiger partial charge is 0.467 e. The summed E-state index contributed by atoms with van der Waals surface area (Å²) in [7, 11) is 3.62. The van der Waals surface area contributed by atoms with Crippen molar-refractivity contribution in [3.05, 3.63) is 71.8 Å². The average molecular weight is 335 g/mol. The Bertz CT molecular complexity index is 862. The molecule has 128 valence electrons. The van der Waals surface area contributed by atoms with E-state index in [1.807, 2.05) is 36.4 Å². The Kier molecular flexibility index (Phi) is 5.31. The number of anilines is 1. The summed E-state index contributed by atoms with van der Waals surface area (Å²) in [6, 6.07) is 20.3. The van der Waals surface area contributed by atoms with Gasteiger partial charge in [0.05, 0.1) is 5.56 Å². The number of carbonyl (C=O) groups is 1. The zero-order chi connectivity index (χ0) is 17.6. The predicted molar refractivity (Wildman–Crippen MR) is 100 cm³/mol. The molecule has 0 heterocycles. The minimum atomic E-state index is 0.111. The molecule has 25 heavy (non-hydrogen) atoms. The molecule has 0 unspecified atom stereocenters. The quantitative estimate of drug-likeness (QED) is 0.477. The summed E-state index contributed by atoms with van der Waals surface area (Å²) in [6.07, 6.45) is 0.805. The monoisotopic (exact) mass is 335 g/mol. The topological polar surface area (TPSA) is 38.8 Å². The standard InChI is InChI=1S/C21H21NO3/c1-22(13-16-6-4-3-5-7-16)20-9-8-17-10-19(14-23)21(25-15-24-2)12-18(17)11-20/h3-12,14H,13,15H2,1-2H3. The van der Waals surface area contributed by atoms with E-state index in [9.17, 15) is 4.79 Å². The highest BCUT2D eigenvalue weighted by atomic mass is 16.7. The van der Waals surface area contributed by atoms with Gasteiger partial charge in [-0.05, 0) is 40.6 Å². The highest BCUT2D eigenvalue weighted by Crippen LogP contribution is 2.29. The van der Waals surface area contributed by atoms with Crippen LogP contribution in [0.5, 0.6) is 5.75 Å². The molecule has 3 aromatic rings. The van der Waals surface area contributed by atoms with Gasteiger partial charge in [0.15, 0.2) is 13.1 Å². The van der Waals surface area contributed by atoms with Crippen molar-refractivity contribution >= 4 is 22.7 Å². The van der Waals surface area contributed by atoms with Gasteiger partial charge in [-0.25, -0.2) is 0 Å². The third-order valence-corrected chi connectivity index (χ3v) is 4.12. The van der Waals surface area contributed by atoms with E-state index in [0.29, 0.717) is 11.3 Å². The molecule has 0 aromatic heterocycles. The van der Waals surface area contributed by atoms with Crippen molar-refractivity contribution in [2.75, 3.05) is 25.9 Å². The van der Waals surface area contributed by atoms with Crippen LogP contribution < -0.4 is 9.64 Å². The molecule has 3 rings (SSSR count). The second-order valence-electron chi connectivity index (χ2n) is 5.93. The molecule has 0 saturated heterocycles. The summed E-state index contributed by atoms with van der Waals surface area (Å²) in [6.45, 7) is 0.936. The normalized spacial score (nSPS) is 10.6. The second kappa shape index (κ2) is 7.81. The molecule has 0 spiro atoms. The van der Waals surface area contributed by atoms with Crippen molar-refractivity contribution < 1.29 is 14.3 Å².